The molecule has 0 spiro atoms. The minimum absolute atomic E-state index is 0.0583. The zero-order chi connectivity index (χ0) is 21.8. The van der Waals surface area contributed by atoms with E-state index in [2.05, 4.69) is 4.72 Å². The van der Waals surface area contributed by atoms with E-state index in [9.17, 15) is 21.6 Å². The highest BCUT2D eigenvalue weighted by atomic mass is 35.5. The number of carbonyl (C=O) groups excluding carboxylic acids is 1. The van der Waals surface area contributed by atoms with Gasteiger partial charge in [0.15, 0.2) is 0 Å². The van der Waals surface area contributed by atoms with Gasteiger partial charge < -0.3 is 0 Å². The van der Waals surface area contributed by atoms with Gasteiger partial charge in [-0.15, -0.1) is 0 Å². The molecule has 11 heteroatoms. The number of hydrogen-bond acceptors (Lipinski definition) is 5. The molecule has 1 amide bonds. The molecule has 1 aliphatic rings. The fraction of sp³-hybridized carbons (Fsp3) is 0.278. The van der Waals surface area contributed by atoms with E-state index in [0.29, 0.717) is 0 Å². The van der Waals surface area contributed by atoms with Gasteiger partial charge in [0, 0.05) is 0 Å². The van der Waals surface area contributed by atoms with Gasteiger partial charge in [-0.1, -0.05) is 29.3 Å². The normalized spacial score (nSPS) is 18.1. The van der Waals surface area contributed by atoms with Gasteiger partial charge in [0.1, 0.15) is 0 Å². The Morgan fingerprint density at radius 1 is 1.14 bits per heavy atom. The molecule has 1 saturated heterocycles. The molecule has 1 aliphatic heterocycles. The molecule has 0 aliphatic carbocycles. The van der Waals surface area contributed by atoms with Gasteiger partial charge in [-0.3, -0.25) is 9.52 Å². The molecule has 29 heavy (non-hydrogen) atoms. The Balaban J connectivity index is 2.00. The third-order valence-electron chi connectivity index (χ3n) is 4.46. The first-order chi connectivity index (χ1) is 13.3. The molecule has 1 heterocycles. The first kappa shape index (κ1) is 21.9. The molecule has 0 radical (unpaired) electrons. The number of sulfonamides is 2. The molecule has 0 aromatic heterocycles. The maximum absolute atomic E-state index is 12.8. The highest BCUT2D eigenvalue weighted by Gasteiger charge is 2.50. The van der Waals surface area contributed by atoms with Gasteiger partial charge in [-0.25, -0.2) is 21.1 Å². The van der Waals surface area contributed by atoms with Crippen LogP contribution in [0.2, 0.25) is 10.0 Å². The molecule has 3 rings (SSSR count). The number of nitrogens with zero attached hydrogens (tertiary/aromatic N) is 1. The summed E-state index contributed by atoms with van der Waals surface area (Å²) in [5.74, 6) is -0.872. The van der Waals surface area contributed by atoms with Crippen molar-refractivity contribution >= 4 is 60.5 Å². The highest BCUT2D eigenvalue weighted by Crippen LogP contribution is 2.37. The van der Waals surface area contributed by atoms with Crippen LogP contribution in [-0.4, -0.2) is 28.5 Å². The summed E-state index contributed by atoms with van der Waals surface area (Å²) in [6.07, 6.45) is 0. The third kappa shape index (κ3) is 3.96. The van der Waals surface area contributed by atoms with Gasteiger partial charge in [-0.05, 0) is 56.7 Å². The molecular weight excluding hydrogens is 459 g/mol. The Morgan fingerprint density at radius 3 is 2.34 bits per heavy atom. The summed E-state index contributed by atoms with van der Waals surface area (Å²) in [5, 5.41) is 0.252. The van der Waals surface area contributed by atoms with Crippen LogP contribution in [0.1, 0.15) is 19.4 Å². The molecular formula is C18H18Cl2N2O5S2. The predicted molar refractivity (Wildman–Crippen MR) is 114 cm³/mol. The second-order valence-electron chi connectivity index (χ2n) is 7.37. The molecule has 0 bridgehead atoms. The first-order valence-electron chi connectivity index (χ1n) is 8.41. The van der Waals surface area contributed by atoms with Crippen molar-refractivity contribution in [2.75, 3.05) is 14.8 Å². The average molecular weight is 477 g/mol. The lowest BCUT2D eigenvalue weighted by Gasteiger charge is -2.19. The van der Waals surface area contributed by atoms with Crippen LogP contribution in [0.4, 0.5) is 11.4 Å². The van der Waals surface area contributed by atoms with E-state index in [4.69, 9.17) is 23.2 Å². The van der Waals surface area contributed by atoms with E-state index < -0.39 is 31.4 Å². The largest absolute Gasteiger partial charge is 0.278 e. The van der Waals surface area contributed by atoms with E-state index >= 15 is 0 Å². The quantitative estimate of drug-likeness (QED) is 0.722. The van der Waals surface area contributed by atoms with Crippen molar-refractivity contribution in [3.8, 4) is 0 Å². The number of halogens is 2. The summed E-state index contributed by atoms with van der Waals surface area (Å²) in [6, 6.07) is 8.43. The van der Waals surface area contributed by atoms with Crippen LogP contribution < -0.4 is 9.03 Å². The summed E-state index contributed by atoms with van der Waals surface area (Å²) in [5.41, 5.74) is -0.581. The van der Waals surface area contributed by atoms with Crippen LogP contribution in [0.25, 0.3) is 0 Å². The summed E-state index contributed by atoms with van der Waals surface area (Å²) >= 11 is 12.0. The average Bonchev–Trinajstić information content (AvgIpc) is 2.74. The Kier molecular flexibility index (Phi) is 5.40. The third-order valence-corrected chi connectivity index (χ3v) is 8.83. The molecule has 7 nitrogen and oxygen atoms in total. The van der Waals surface area contributed by atoms with Crippen molar-refractivity contribution < 1.29 is 21.6 Å². The van der Waals surface area contributed by atoms with E-state index in [-0.39, 0.29) is 37.6 Å². The molecule has 156 valence electrons. The maximum Gasteiger partial charge on any atom is 0.262 e. The van der Waals surface area contributed by atoms with Gasteiger partial charge in [-0.2, -0.15) is 0 Å². The van der Waals surface area contributed by atoms with Crippen molar-refractivity contribution in [3.63, 3.8) is 0 Å². The van der Waals surface area contributed by atoms with Gasteiger partial charge >= 0.3 is 0 Å². The topological polar surface area (TPSA) is 101 Å². The Hall–Kier alpha value is -1.81. The number of carbonyl (C=O) groups is 1. The van der Waals surface area contributed by atoms with Crippen molar-refractivity contribution in [3.05, 3.63) is 52.0 Å². The molecule has 1 N–H and O–H groups in total. The van der Waals surface area contributed by atoms with Gasteiger partial charge in [0.25, 0.3) is 10.0 Å². The van der Waals surface area contributed by atoms with Crippen LogP contribution in [-0.2, 0) is 24.8 Å². The second-order valence-corrected chi connectivity index (χ2v) is 11.6. The van der Waals surface area contributed by atoms with Crippen molar-refractivity contribution in [1.82, 2.24) is 0 Å². The number of aryl methyl sites for hydroxylation is 1. The van der Waals surface area contributed by atoms with Crippen LogP contribution in [0, 0.1) is 12.3 Å². The SMILES string of the molecule is Cc1cc(N2C(=O)C(C)(C)CS2(=O)=O)ccc1S(=O)(=O)Nc1cccc(Cl)c1Cl. The maximum atomic E-state index is 12.8. The van der Waals surface area contributed by atoms with E-state index in [1.807, 2.05) is 0 Å². The number of amides is 1. The van der Waals surface area contributed by atoms with Gasteiger partial charge in [0.2, 0.25) is 15.9 Å². The molecule has 1 fully saturated rings. The lowest BCUT2D eigenvalue weighted by atomic mass is 9.95. The first-order valence-corrected chi connectivity index (χ1v) is 12.3. The van der Waals surface area contributed by atoms with Crippen molar-refractivity contribution in [2.24, 2.45) is 5.41 Å². The van der Waals surface area contributed by atoms with Crippen LogP contribution >= 0.6 is 23.2 Å². The fourth-order valence-electron chi connectivity index (χ4n) is 3.11. The summed E-state index contributed by atoms with van der Waals surface area (Å²) in [7, 11) is -7.87. The monoisotopic (exact) mass is 476 g/mol. The molecule has 2 aromatic rings. The van der Waals surface area contributed by atoms with E-state index in [1.54, 1.807) is 19.9 Å². The van der Waals surface area contributed by atoms with Crippen LogP contribution in [0.5, 0.6) is 0 Å². The zero-order valence-electron chi connectivity index (χ0n) is 15.7. The smallest absolute Gasteiger partial charge is 0.262 e. The minimum atomic E-state index is -4.03. The summed E-state index contributed by atoms with van der Waals surface area (Å²) < 4.78 is 53.6. The van der Waals surface area contributed by atoms with E-state index in [0.717, 1.165) is 4.31 Å². The van der Waals surface area contributed by atoms with Crippen LogP contribution in [0.15, 0.2) is 41.3 Å². The van der Waals surface area contributed by atoms with Crippen molar-refractivity contribution in [1.29, 1.82) is 0 Å². The molecule has 0 saturated carbocycles. The highest BCUT2D eigenvalue weighted by molar-refractivity contribution is 7.94. The number of rotatable bonds is 4. The predicted octanol–water partition coefficient (Wildman–Crippen LogP) is 3.81. The standard InChI is InChI=1S/C18H18Cl2N2O5S2/c1-11-9-12(22-17(23)18(2,3)10-28(22,24)25)7-8-15(11)29(26,27)21-14-6-4-5-13(19)16(14)20/h4-9,21H,10H2,1-3H3. The van der Waals surface area contributed by atoms with Gasteiger partial charge in [0.05, 0.1) is 37.5 Å². The minimum Gasteiger partial charge on any atom is -0.278 e. The lowest BCUT2D eigenvalue weighted by molar-refractivity contribution is -0.123. The number of nitrogens with one attached hydrogen (secondary N) is 1. The molecule has 0 unspecified atom stereocenters. The Bertz CT molecular complexity index is 1220. The Morgan fingerprint density at radius 2 is 1.79 bits per heavy atom. The summed E-state index contributed by atoms with van der Waals surface area (Å²) in [4.78, 5) is 12.5. The number of anilines is 2. The summed E-state index contributed by atoms with van der Waals surface area (Å²) in [6.45, 7) is 4.62. The van der Waals surface area contributed by atoms with Crippen molar-refractivity contribution in [2.45, 2.75) is 25.7 Å². The second kappa shape index (κ2) is 7.16. The van der Waals surface area contributed by atoms with E-state index in [1.165, 1.54) is 37.3 Å². The molecule has 2 aromatic carbocycles. The zero-order valence-corrected chi connectivity index (χ0v) is 18.9. The fourth-order valence-corrected chi connectivity index (χ4v) is 6.91. The lowest BCUT2D eigenvalue weighted by Crippen LogP contribution is -2.33. The number of hydrogen-bond donors (Lipinski definition) is 1. The molecule has 0 atom stereocenters. The Labute approximate surface area is 179 Å². The number of benzene rings is 2. The van der Waals surface area contributed by atoms with Crippen LogP contribution in [0.3, 0.4) is 0 Å².